The molecule has 2 rings (SSSR count). The summed E-state index contributed by atoms with van der Waals surface area (Å²) in [4.78, 5) is 12.2. The van der Waals surface area contributed by atoms with Gasteiger partial charge >= 0.3 is 0 Å². The van der Waals surface area contributed by atoms with Crippen LogP contribution in [0.3, 0.4) is 0 Å². The van der Waals surface area contributed by atoms with Crippen LogP contribution in [0, 0.1) is 0 Å². The van der Waals surface area contributed by atoms with Gasteiger partial charge in [-0.15, -0.1) is 0 Å². The Balaban J connectivity index is 2.03. The molecule has 8 heteroatoms. The molecule has 140 valence electrons. The minimum atomic E-state index is -3.58. The monoisotopic (exact) mass is 396 g/mol. The van der Waals surface area contributed by atoms with Crippen molar-refractivity contribution in [2.45, 2.75) is 18.7 Å². The summed E-state index contributed by atoms with van der Waals surface area (Å²) in [5.41, 5.74) is 0.392. The van der Waals surface area contributed by atoms with Crippen LogP contribution in [0.1, 0.15) is 13.8 Å². The van der Waals surface area contributed by atoms with E-state index in [0.717, 1.165) is 0 Å². The number of halogens is 1. The van der Waals surface area contributed by atoms with Crippen molar-refractivity contribution in [2.75, 3.05) is 25.0 Å². The van der Waals surface area contributed by atoms with Crippen LogP contribution in [0.15, 0.2) is 53.4 Å². The summed E-state index contributed by atoms with van der Waals surface area (Å²) in [7, 11) is -3.58. The van der Waals surface area contributed by atoms with Crippen molar-refractivity contribution in [1.82, 2.24) is 4.31 Å². The summed E-state index contributed by atoms with van der Waals surface area (Å²) in [5.74, 6) is 0.125. The number of rotatable bonds is 8. The third kappa shape index (κ3) is 5.20. The molecule has 1 amide bonds. The van der Waals surface area contributed by atoms with E-state index >= 15 is 0 Å². The van der Waals surface area contributed by atoms with E-state index in [9.17, 15) is 13.2 Å². The number of nitrogens with one attached hydrogen (secondary N) is 1. The van der Waals surface area contributed by atoms with Crippen molar-refractivity contribution in [3.05, 3.63) is 53.6 Å². The van der Waals surface area contributed by atoms with Gasteiger partial charge in [-0.25, -0.2) is 8.42 Å². The molecule has 0 aromatic heterocycles. The molecule has 6 nitrogen and oxygen atoms in total. The van der Waals surface area contributed by atoms with Crippen LogP contribution in [0.4, 0.5) is 5.69 Å². The average Bonchev–Trinajstić information content (AvgIpc) is 2.62. The third-order valence-electron chi connectivity index (χ3n) is 3.64. The average molecular weight is 397 g/mol. The van der Waals surface area contributed by atoms with Gasteiger partial charge in [-0.2, -0.15) is 4.31 Å². The molecule has 0 saturated heterocycles. The molecule has 2 aromatic rings. The number of anilines is 1. The highest BCUT2D eigenvalue weighted by molar-refractivity contribution is 7.89. The number of benzene rings is 2. The molecular formula is C18H21ClN2O4S. The molecule has 1 N–H and O–H groups in total. The first kappa shape index (κ1) is 20.2. The van der Waals surface area contributed by atoms with Gasteiger partial charge < -0.3 is 10.1 Å². The van der Waals surface area contributed by atoms with Gasteiger partial charge in [0.25, 0.3) is 5.91 Å². The molecule has 26 heavy (non-hydrogen) atoms. The van der Waals surface area contributed by atoms with Gasteiger partial charge in [-0.3, -0.25) is 4.79 Å². The molecule has 0 aliphatic carbocycles. The Labute approximate surface area is 158 Å². The van der Waals surface area contributed by atoms with Gasteiger partial charge in [0.1, 0.15) is 5.75 Å². The summed E-state index contributed by atoms with van der Waals surface area (Å²) in [5, 5.41) is 3.21. The first-order valence-electron chi connectivity index (χ1n) is 8.15. The van der Waals surface area contributed by atoms with E-state index in [1.54, 1.807) is 50.2 Å². The molecule has 0 spiro atoms. The number of hydrogen-bond acceptors (Lipinski definition) is 4. The van der Waals surface area contributed by atoms with Crippen molar-refractivity contribution in [3.63, 3.8) is 0 Å². The molecule has 0 saturated carbocycles. The maximum absolute atomic E-state index is 12.5. The van der Waals surface area contributed by atoms with E-state index in [2.05, 4.69) is 5.32 Å². The fraction of sp³-hybridized carbons (Fsp3) is 0.278. The number of hydrogen-bond donors (Lipinski definition) is 1. The topological polar surface area (TPSA) is 75.7 Å². The van der Waals surface area contributed by atoms with Crippen molar-refractivity contribution >= 4 is 33.2 Å². The maximum atomic E-state index is 12.5. The molecule has 0 fully saturated rings. The Morgan fingerprint density at radius 3 is 2.38 bits per heavy atom. The maximum Gasteiger partial charge on any atom is 0.262 e. The highest BCUT2D eigenvalue weighted by Crippen LogP contribution is 2.20. The van der Waals surface area contributed by atoms with Crippen LogP contribution >= 0.6 is 11.6 Å². The molecule has 0 heterocycles. The summed E-state index contributed by atoms with van der Waals surface area (Å²) >= 11 is 5.79. The summed E-state index contributed by atoms with van der Waals surface area (Å²) in [6.45, 7) is 4.12. The highest BCUT2D eigenvalue weighted by Gasteiger charge is 2.21. The van der Waals surface area contributed by atoms with Gasteiger partial charge in [0.2, 0.25) is 10.0 Å². The Hall–Kier alpha value is -2.09. The van der Waals surface area contributed by atoms with Crippen LogP contribution < -0.4 is 10.1 Å². The number of nitrogens with zero attached hydrogens (tertiary/aromatic N) is 1. The minimum absolute atomic E-state index is 0.137. The van der Waals surface area contributed by atoms with Gasteiger partial charge in [0.05, 0.1) is 4.90 Å². The normalized spacial score (nSPS) is 11.4. The summed E-state index contributed by atoms with van der Waals surface area (Å²) in [6, 6.07) is 12.8. The molecule has 0 aliphatic heterocycles. The second-order valence-electron chi connectivity index (χ2n) is 5.41. The predicted octanol–water partition coefficient (Wildman–Crippen LogP) is 3.39. The van der Waals surface area contributed by atoms with Crippen LogP contribution in [0.5, 0.6) is 5.75 Å². The number of sulfonamides is 1. The quantitative estimate of drug-likeness (QED) is 0.742. The van der Waals surface area contributed by atoms with Crippen LogP contribution in [0.25, 0.3) is 0 Å². The Morgan fingerprint density at radius 1 is 1.12 bits per heavy atom. The summed E-state index contributed by atoms with van der Waals surface area (Å²) in [6.07, 6.45) is 0. The fourth-order valence-electron chi connectivity index (χ4n) is 2.32. The van der Waals surface area contributed by atoms with Crippen molar-refractivity contribution < 1.29 is 17.9 Å². The van der Waals surface area contributed by atoms with Crippen LogP contribution in [-0.2, 0) is 14.8 Å². The lowest BCUT2D eigenvalue weighted by molar-refractivity contribution is -0.118. The predicted molar refractivity (Wildman–Crippen MR) is 102 cm³/mol. The molecule has 0 radical (unpaired) electrons. The van der Waals surface area contributed by atoms with Gasteiger partial charge in [-0.05, 0) is 42.5 Å². The van der Waals surface area contributed by atoms with Crippen LogP contribution in [0.2, 0.25) is 5.02 Å². The number of amides is 1. The second kappa shape index (κ2) is 9.02. The van der Waals surface area contributed by atoms with E-state index < -0.39 is 15.9 Å². The van der Waals surface area contributed by atoms with Gasteiger partial charge in [0, 0.05) is 23.8 Å². The zero-order chi connectivity index (χ0) is 19.2. The molecule has 2 aromatic carbocycles. The summed E-state index contributed by atoms with van der Waals surface area (Å²) < 4.78 is 31.8. The zero-order valence-corrected chi connectivity index (χ0v) is 16.2. The first-order valence-corrected chi connectivity index (χ1v) is 9.97. The van der Waals surface area contributed by atoms with E-state index in [1.807, 2.05) is 0 Å². The Bertz CT molecular complexity index is 850. The number of ether oxygens (including phenoxy) is 1. The van der Waals surface area contributed by atoms with E-state index in [-0.39, 0.29) is 11.5 Å². The Kier molecular flexibility index (Phi) is 7.02. The van der Waals surface area contributed by atoms with Crippen molar-refractivity contribution in [3.8, 4) is 5.75 Å². The lowest BCUT2D eigenvalue weighted by Gasteiger charge is -2.18. The van der Waals surface area contributed by atoms with E-state index in [4.69, 9.17) is 16.3 Å². The lowest BCUT2D eigenvalue weighted by Crippen LogP contribution is -2.30. The van der Waals surface area contributed by atoms with Gasteiger partial charge in [-0.1, -0.05) is 31.5 Å². The minimum Gasteiger partial charge on any atom is -0.484 e. The van der Waals surface area contributed by atoms with Crippen molar-refractivity contribution in [1.29, 1.82) is 0 Å². The largest absolute Gasteiger partial charge is 0.484 e. The van der Waals surface area contributed by atoms with E-state index in [0.29, 0.717) is 29.5 Å². The van der Waals surface area contributed by atoms with Gasteiger partial charge in [0.15, 0.2) is 6.61 Å². The molecule has 0 bridgehead atoms. The van der Waals surface area contributed by atoms with Crippen LogP contribution in [-0.4, -0.2) is 38.3 Å². The SMILES string of the molecule is CCN(CC)S(=O)(=O)c1cccc(NC(=O)COc2ccc(Cl)cc2)c1. The Morgan fingerprint density at radius 2 is 1.77 bits per heavy atom. The van der Waals surface area contributed by atoms with E-state index in [1.165, 1.54) is 16.4 Å². The fourth-order valence-corrected chi connectivity index (χ4v) is 3.95. The number of carbonyl (C=O) groups is 1. The first-order chi connectivity index (χ1) is 12.4. The van der Waals surface area contributed by atoms with Crippen molar-refractivity contribution in [2.24, 2.45) is 0 Å². The molecule has 0 unspecified atom stereocenters. The third-order valence-corrected chi connectivity index (χ3v) is 5.94. The second-order valence-corrected chi connectivity index (χ2v) is 7.78. The smallest absolute Gasteiger partial charge is 0.262 e. The molecule has 0 atom stereocenters. The standard InChI is InChI=1S/C18H21ClN2O4S/c1-3-21(4-2)26(23,24)17-7-5-6-15(12-17)20-18(22)13-25-16-10-8-14(19)9-11-16/h5-12H,3-4,13H2,1-2H3,(H,20,22). The molecule has 0 aliphatic rings. The zero-order valence-electron chi connectivity index (χ0n) is 14.6. The molecular weight excluding hydrogens is 376 g/mol. The highest BCUT2D eigenvalue weighted by atomic mass is 35.5. The lowest BCUT2D eigenvalue weighted by atomic mass is 10.3. The number of carbonyl (C=O) groups excluding carboxylic acids is 1.